The van der Waals surface area contributed by atoms with Crippen molar-refractivity contribution in [3.63, 3.8) is 0 Å². The summed E-state index contributed by atoms with van der Waals surface area (Å²) in [5, 5.41) is 2.93. The quantitative estimate of drug-likeness (QED) is 0.581. The first kappa shape index (κ1) is 21.5. The molecule has 0 radical (unpaired) electrons. The lowest BCUT2D eigenvalue weighted by Crippen LogP contribution is -2.47. The maximum absolute atomic E-state index is 13.0. The van der Waals surface area contributed by atoms with E-state index in [0.29, 0.717) is 19.4 Å². The van der Waals surface area contributed by atoms with E-state index in [1.165, 1.54) is 29.6 Å². The number of carbonyl (C=O) groups excluding carboxylic acids is 1. The van der Waals surface area contributed by atoms with Gasteiger partial charge < -0.3 is 10.3 Å². The smallest absolute Gasteiger partial charge is 0.325 e. The summed E-state index contributed by atoms with van der Waals surface area (Å²) in [6.07, 6.45) is 8.80. The van der Waals surface area contributed by atoms with Crippen LogP contribution in [-0.2, 0) is 14.8 Å². The van der Waals surface area contributed by atoms with E-state index in [2.05, 4.69) is 16.4 Å². The summed E-state index contributed by atoms with van der Waals surface area (Å²) < 4.78 is 27.1. The average Bonchev–Trinajstić information content (AvgIpc) is 2.68. The van der Waals surface area contributed by atoms with E-state index in [1.54, 1.807) is 0 Å². The lowest BCUT2D eigenvalue weighted by Gasteiger charge is -2.31. The lowest BCUT2D eigenvalue weighted by molar-refractivity contribution is -0.126. The minimum atomic E-state index is -4.11. The van der Waals surface area contributed by atoms with Gasteiger partial charge in [-0.05, 0) is 51.9 Å². The van der Waals surface area contributed by atoms with E-state index in [4.69, 9.17) is 0 Å². The largest absolute Gasteiger partial charge is 0.356 e. The van der Waals surface area contributed by atoms with Gasteiger partial charge in [-0.1, -0.05) is 11.6 Å². The van der Waals surface area contributed by atoms with E-state index in [9.17, 15) is 22.8 Å². The molecule has 1 atom stereocenters. The molecule has 1 aliphatic carbocycles. The topological polar surface area (TPSA) is 132 Å². The number of piperidine rings is 1. The van der Waals surface area contributed by atoms with Crippen LogP contribution in [0.15, 0.2) is 26.1 Å². The van der Waals surface area contributed by atoms with E-state index >= 15 is 0 Å². The van der Waals surface area contributed by atoms with Gasteiger partial charge in [0.15, 0.2) is 4.90 Å². The highest BCUT2D eigenvalue weighted by Gasteiger charge is 2.35. The van der Waals surface area contributed by atoms with Crippen molar-refractivity contribution in [2.45, 2.75) is 56.8 Å². The summed E-state index contributed by atoms with van der Waals surface area (Å²) in [6.45, 7) is 2.18. The molecule has 1 aliphatic heterocycles. The normalized spacial score (nSPS) is 20.9. The van der Waals surface area contributed by atoms with Crippen LogP contribution in [-0.4, -0.2) is 48.2 Å². The van der Waals surface area contributed by atoms with Crippen molar-refractivity contribution in [1.29, 1.82) is 0 Å². The molecule has 2 aliphatic rings. The molecule has 2 heterocycles. The number of H-pyrrole nitrogens is 2. The fourth-order valence-corrected chi connectivity index (χ4v) is 5.75. The van der Waals surface area contributed by atoms with Crippen LogP contribution < -0.4 is 16.6 Å². The Hall–Kier alpha value is -2.20. The van der Waals surface area contributed by atoms with Crippen LogP contribution in [0.5, 0.6) is 0 Å². The minimum Gasteiger partial charge on any atom is -0.356 e. The SMILES string of the molecule is Cc1[nH]c(=O)[nH]c(=O)c1S(=O)(=O)N1CCC[C@@H](C(=O)NCCC2=CCCCC2)C1. The number of nitrogens with one attached hydrogen (secondary N) is 3. The first-order valence-electron chi connectivity index (χ1n) is 10.1. The highest BCUT2D eigenvalue weighted by molar-refractivity contribution is 7.89. The Kier molecular flexibility index (Phi) is 6.74. The van der Waals surface area contributed by atoms with Crippen molar-refractivity contribution in [2.24, 2.45) is 5.92 Å². The van der Waals surface area contributed by atoms with Gasteiger partial charge in [0.1, 0.15) is 0 Å². The highest BCUT2D eigenvalue weighted by atomic mass is 32.2. The summed E-state index contributed by atoms with van der Waals surface area (Å²) >= 11 is 0. The van der Waals surface area contributed by atoms with Gasteiger partial charge in [-0.15, -0.1) is 0 Å². The van der Waals surface area contributed by atoms with Crippen LogP contribution in [0.25, 0.3) is 0 Å². The molecule has 0 aromatic carbocycles. The van der Waals surface area contributed by atoms with Gasteiger partial charge >= 0.3 is 5.69 Å². The molecule has 1 amide bonds. The standard InChI is InChI=1S/C19H28N4O5S/c1-13-16(18(25)22-19(26)21-13)29(27,28)23-11-5-8-15(12-23)17(24)20-10-9-14-6-3-2-4-7-14/h6,15H,2-5,7-12H2,1H3,(H,20,24)(H2,21,22,25,26)/t15-/m1/s1. The van der Waals surface area contributed by atoms with Gasteiger partial charge in [-0.3, -0.25) is 14.6 Å². The molecule has 29 heavy (non-hydrogen) atoms. The Morgan fingerprint density at radius 1 is 1.24 bits per heavy atom. The number of nitrogens with zero attached hydrogens (tertiary/aromatic N) is 1. The fourth-order valence-electron chi connectivity index (χ4n) is 4.03. The molecular weight excluding hydrogens is 396 g/mol. The Labute approximate surface area is 169 Å². The van der Waals surface area contributed by atoms with Crippen molar-refractivity contribution < 1.29 is 13.2 Å². The molecule has 0 spiro atoms. The molecule has 160 valence electrons. The highest BCUT2D eigenvalue weighted by Crippen LogP contribution is 2.23. The van der Waals surface area contributed by atoms with E-state index in [1.807, 2.05) is 4.98 Å². The molecule has 0 unspecified atom stereocenters. The second kappa shape index (κ2) is 9.08. The molecule has 0 bridgehead atoms. The summed E-state index contributed by atoms with van der Waals surface area (Å²) in [7, 11) is -4.11. The molecule has 10 heteroatoms. The van der Waals surface area contributed by atoms with Gasteiger partial charge in [-0.25, -0.2) is 13.2 Å². The number of sulfonamides is 1. The molecule has 0 saturated carbocycles. The number of aromatic amines is 2. The summed E-state index contributed by atoms with van der Waals surface area (Å²) in [6, 6.07) is 0. The molecule has 1 aromatic heterocycles. The summed E-state index contributed by atoms with van der Waals surface area (Å²) in [4.78, 5) is 39.8. The van der Waals surface area contributed by atoms with Crippen LogP contribution in [0, 0.1) is 12.8 Å². The molecule has 3 rings (SSSR count). The third-order valence-electron chi connectivity index (χ3n) is 5.56. The van der Waals surface area contributed by atoms with Crippen molar-refractivity contribution in [1.82, 2.24) is 19.6 Å². The number of amides is 1. The van der Waals surface area contributed by atoms with E-state index in [-0.39, 0.29) is 24.7 Å². The number of carbonyl (C=O) groups is 1. The molecular formula is C19H28N4O5S. The Bertz CT molecular complexity index is 1010. The van der Waals surface area contributed by atoms with Crippen molar-refractivity contribution in [2.75, 3.05) is 19.6 Å². The Morgan fingerprint density at radius 2 is 2.03 bits per heavy atom. The van der Waals surface area contributed by atoms with E-state index in [0.717, 1.165) is 19.3 Å². The first-order valence-corrected chi connectivity index (χ1v) is 11.5. The predicted molar refractivity (Wildman–Crippen MR) is 108 cm³/mol. The maximum Gasteiger partial charge on any atom is 0.325 e. The van der Waals surface area contributed by atoms with Crippen molar-refractivity contribution >= 4 is 15.9 Å². The van der Waals surface area contributed by atoms with Crippen LogP contribution >= 0.6 is 0 Å². The van der Waals surface area contributed by atoms with Crippen LogP contribution in [0.1, 0.15) is 50.6 Å². The minimum absolute atomic E-state index is 0.00826. The summed E-state index contributed by atoms with van der Waals surface area (Å²) in [5.74, 6) is -0.616. The fraction of sp³-hybridized carbons (Fsp3) is 0.632. The molecule has 1 aromatic rings. The number of aryl methyl sites for hydroxylation is 1. The molecule has 1 fully saturated rings. The van der Waals surface area contributed by atoms with E-state index < -0.39 is 32.1 Å². The second-order valence-electron chi connectivity index (χ2n) is 7.71. The number of hydrogen-bond acceptors (Lipinski definition) is 5. The van der Waals surface area contributed by atoms with Crippen molar-refractivity contribution in [3.8, 4) is 0 Å². The van der Waals surface area contributed by atoms with Gasteiger partial charge in [0.2, 0.25) is 15.9 Å². The van der Waals surface area contributed by atoms with Gasteiger partial charge in [0.05, 0.1) is 5.92 Å². The third kappa shape index (κ3) is 5.05. The zero-order valence-corrected chi connectivity index (χ0v) is 17.4. The maximum atomic E-state index is 13.0. The second-order valence-corrected chi connectivity index (χ2v) is 9.59. The summed E-state index contributed by atoms with van der Waals surface area (Å²) in [5.41, 5.74) is -0.336. The zero-order valence-electron chi connectivity index (χ0n) is 16.6. The van der Waals surface area contributed by atoms with Crippen LogP contribution in [0.4, 0.5) is 0 Å². The lowest BCUT2D eigenvalue weighted by atomic mass is 9.96. The van der Waals surface area contributed by atoms with Gasteiger partial charge in [-0.2, -0.15) is 4.31 Å². The molecule has 3 N–H and O–H groups in total. The van der Waals surface area contributed by atoms with Crippen LogP contribution in [0.3, 0.4) is 0 Å². The van der Waals surface area contributed by atoms with Crippen molar-refractivity contribution in [3.05, 3.63) is 38.2 Å². The predicted octanol–water partition coefficient (Wildman–Crippen LogP) is 0.779. The zero-order chi connectivity index (χ0) is 21.0. The van der Waals surface area contributed by atoms with Gasteiger partial charge in [0.25, 0.3) is 5.56 Å². The van der Waals surface area contributed by atoms with Crippen LogP contribution in [0.2, 0.25) is 0 Å². The Balaban J connectivity index is 1.65. The van der Waals surface area contributed by atoms with Gasteiger partial charge in [0, 0.05) is 25.3 Å². The molecule has 1 saturated heterocycles. The average molecular weight is 425 g/mol. The third-order valence-corrected chi connectivity index (χ3v) is 7.58. The Morgan fingerprint density at radius 3 is 2.72 bits per heavy atom. The number of aromatic nitrogens is 2. The number of hydrogen-bond donors (Lipinski definition) is 3. The monoisotopic (exact) mass is 424 g/mol. The first-order chi connectivity index (χ1) is 13.8. The number of rotatable bonds is 6. The number of allylic oxidation sites excluding steroid dienone is 1. The molecule has 9 nitrogen and oxygen atoms in total.